The summed E-state index contributed by atoms with van der Waals surface area (Å²) in [4.78, 5) is 11.8. The smallest absolute Gasteiger partial charge is 0.308 e. The summed E-state index contributed by atoms with van der Waals surface area (Å²) >= 11 is 0. The Bertz CT molecular complexity index is 443. The van der Waals surface area contributed by atoms with Crippen molar-refractivity contribution in [1.29, 1.82) is 0 Å². The largest absolute Gasteiger partial charge is 0.323 e. The first-order valence-corrected chi connectivity index (χ1v) is 6.50. The van der Waals surface area contributed by atoms with Crippen molar-refractivity contribution in [3.8, 4) is 0 Å². The molecule has 0 aromatic heterocycles. The zero-order valence-corrected chi connectivity index (χ0v) is 10.9. The van der Waals surface area contributed by atoms with E-state index in [2.05, 4.69) is 42.7 Å². The molecule has 2 aliphatic carbocycles. The van der Waals surface area contributed by atoms with Crippen molar-refractivity contribution in [3.05, 3.63) is 47.9 Å². The van der Waals surface area contributed by atoms with Crippen molar-refractivity contribution >= 4 is 6.03 Å². The van der Waals surface area contributed by atoms with Gasteiger partial charge in [0.25, 0.3) is 0 Å². The standard InChI is InChI=1S/C15H20N2O/c1-11-8-9-14(10-12(11)2)17-15(18)16-13-6-4-3-5-7-13/h4,6-12H,3,5H2,1-2H3,(H2,16,17,18). The zero-order valence-electron chi connectivity index (χ0n) is 10.9. The van der Waals surface area contributed by atoms with Crippen molar-refractivity contribution in [2.45, 2.75) is 26.7 Å². The molecule has 0 spiro atoms. The summed E-state index contributed by atoms with van der Waals surface area (Å²) < 4.78 is 0. The number of amides is 2. The van der Waals surface area contributed by atoms with Gasteiger partial charge in [-0.3, -0.25) is 0 Å². The Hall–Kier alpha value is -1.77. The van der Waals surface area contributed by atoms with Gasteiger partial charge < -0.3 is 10.6 Å². The number of rotatable bonds is 2. The van der Waals surface area contributed by atoms with E-state index in [1.165, 1.54) is 0 Å². The molecule has 0 bridgehead atoms. The lowest BCUT2D eigenvalue weighted by Crippen LogP contribution is -2.34. The third-order valence-corrected chi connectivity index (χ3v) is 3.36. The molecular formula is C15H20N2O. The minimum atomic E-state index is -0.176. The summed E-state index contributed by atoms with van der Waals surface area (Å²) in [6, 6.07) is -0.176. The second-order valence-corrected chi connectivity index (χ2v) is 4.92. The minimum Gasteiger partial charge on any atom is -0.308 e. The first kappa shape index (κ1) is 12.7. The molecule has 2 unspecified atom stereocenters. The third-order valence-electron chi connectivity index (χ3n) is 3.36. The molecule has 0 saturated heterocycles. The van der Waals surface area contributed by atoms with Crippen molar-refractivity contribution in [2.24, 2.45) is 11.8 Å². The molecule has 0 aromatic rings. The lowest BCUT2D eigenvalue weighted by molar-refractivity contribution is 0.246. The molecule has 3 nitrogen and oxygen atoms in total. The molecule has 0 aliphatic heterocycles. The van der Waals surface area contributed by atoms with Crippen LogP contribution in [0.3, 0.4) is 0 Å². The van der Waals surface area contributed by atoms with Crippen LogP contribution in [0.1, 0.15) is 26.7 Å². The Morgan fingerprint density at radius 1 is 1.11 bits per heavy atom. The number of carbonyl (C=O) groups is 1. The van der Waals surface area contributed by atoms with E-state index in [0.29, 0.717) is 11.8 Å². The molecule has 2 N–H and O–H groups in total. The Balaban J connectivity index is 1.88. The van der Waals surface area contributed by atoms with Gasteiger partial charge in [0, 0.05) is 11.4 Å². The predicted octanol–water partition coefficient (Wildman–Crippen LogP) is 3.25. The fourth-order valence-electron chi connectivity index (χ4n) is 2.00. The number of hydrogen-bond acceptors (Lipinski definition) is 1. The molecule has 3 heteroatoms. The number of hydrogen-bond donors (Lipinski definition) is 2. The summed E-state index contributed by atoms with van der Waals surface area (Å²) in [5.41, 5.74) is 1.75. The third kappa shape index (κ3) is 3.36. The van der Waals surface area contributed by atoms with Crippen LogP contribution in [-0.2, 0) is 0 Å². The maximum absolute atomic E-state index is 11.8. The average molecular weight is 244 g/mol. The quantitative estimate of drug-likeness (QED) is 0.769. The van der Waals surface area contributed by atoms with E-state index in [1.54, 1.807) is 0 Å². The van der Waals surface area contributed by atoms with E-state index in [0.717, 1.165) is 24.2 Å². The molecule has 0 aromatic carbocycles. The van der Waals surface area contributed by atoms with Gasteiger partial charge >= 0.3 is 6.03 Å². The highest BCUT2D eigenvalue weighted by atomic mass is 16.2. The van der Waals surface area contributed by atoms with Gasteiger partial charge in [0.05, 0.1) is 0 Å². The van der Waals surface area contributed by atoms with Gasteiger partial charge in [-0.05, 0) is 36.8 Å². The molecule has 0 saturated carbocycles. The Kier molecular flexibility index (Phi) is 4.03. The normalized spacial score (nSPS) is 26.3. The molecule has 18 heavy (non-hydrogen) atoms. The monoisotopic (exact) mass is 244 g/mol. The molecule has 2 aliphatic rings. The van der Waals surface area contributed by atoms with E-state index >= 15 is 0 Å². The van der Waals surface area contributed by atoms with Crippen molar-refractivity contribution in [3.63, 3.8) is 0 Å². The van der Waals surface area contributed by atoms with Crippen LogP contribution < -0.4 is 10.6 Å². The Morgan fingerprint density at radius 2 is 1.89 bits per heavy atom. The molecule has 0 fully saturated rings. The fourth-order valence-corrected chi connectivity index (χ4v) is 2.00. The van der Waals surface area contributed by atoms with Gasteiger partial charge in [0.1, 0.15) is 0 Å². The van der Waals surface area contributed by atoms with E-state index in [9.17, 15) is 4.79 Å². The first-order chi connectivity index (χ1) is 8.65. The number of urea groups is 1. The lowest BCUT2D eigenvalue weighted by Gasteiger charge is -2.19. The van der Waals surface area contributed by atoms with Gasteiger partial charge in [-0.2, -0.15) is 0 Å². The zero-order chi connectivity index (χ0) is 13.0. The highest BCUT2D eigenvalue weighted by molar-refractivity contribution is 5.78. The maximum atomic E-state index is 11.8. The van der Waals surface area contributed by atoms with Gasteiger partial charge in [0.2, 0.25) is 0 Å². The van der Waals surface area contributed by atoms with Crippen molar-refractivity contribution in [2.75, 3.05) is 0 Å². The van der Waals surface area contributed by atoms with Crippen LogP contribution in [0.15, 0.2) is 47.9 Å². The van der Waals surface area contributed by atoms with Gasteiger partial charge in [-0.1, -0.05) is 38.2 Å². The van der Waals surface area contributed by atoms with Crippen LogP contribution in [0, 0.1) is 11.8 Å². The number of carbonyl (C=O) groups excluding carboxylic acids is 1. The Morgan fingerprint density at radius 3 is 2.56 bits per heavy atom. The number of nitrogens with one attached hydrogen (secondary N) is 2. The number of allylic oxidation sites excluding steroid dienone is 6. The van der Waals surface area contributed by atoms with E-state index in [4.69, 9.17) is 0 Å². The molecular weight excluding hydrogens is 224 g/mol. The van der Waals surface area contributed by atoms with Crippen LogP contribution in [0.5, 0.6) is 0 Å². The molecule has 96 valence electrons. The van der Waals surface area contributed by atoms with Crippen LogP contribution >= 0.6 is 0 Å². The van der Waals surface area contributed by atoms with Crippen LogP contribution in [0.2, 0.25) is 0 Å². The summed E-state index contributed by atoms with van der Waals surface area (Å²) in [7, 11) is 0. The summed E-state index contributed by atoms with van der Waals surface area (Å²) in [5, 5.41) is 5.71. The summed E-state index contributed by atoms with van der Waals surface area (Å²) in [6.45, 7) is 4.33. The lowest BCUT2D eigenvalue weighted by atomic mass is 9.91. The van der Waals surface area contributed by atoms with E-state index in [1.807, 2.05) is 18.2 Å². The molecule has 0 heterocycles. The second kappa shape index (κ2) is 5.71. The SMILES string of the molecule is CC1C=CC(NC(=O)NC2=CCCC=C2)=CC1C. The Labute approximate surface area is 108 Å². The topological polar surface area (TPSA) is 41.1 Å². The first-order valence-electron chi connectivity index (χ1n) is 6.50. The van der Waals surface area contributed by atoms with Crippen molar-refractivity contribution < 1.29 is 4.79 Å². The minimum absolute atomic E-state index is 0.176. The van der Waals surface area contributed by atoms with Gasteiger partial charge in [0.15, 0.2) is 0 Å². The molecule has 2 atom stereocenters. The van der Waals surface area contributed by atoms with Crippen LogP contribution in [0.4, 0.5) is 4.79 Å². The predicted molar refractivity (Wildman–Crippen MR) is 73.7 cm³/mol. The van der Waals surface area contributed by atoms with E-state index in [-0.39, 0.29) is 6.03 Å². The average Bonchev–Trinajstić information content (AvgIpc) is 2.35. The highest BCUT2D eigenvalue weighted by Gasteiger charge is 2.13. The highest BCUT2D eigenvalue weighted by Crippen LogP contribution is 2.20. The summed E-state index contributed by atoms with van der Waals surface area (Å²) in [6.07, 6.45) is 14.3. The molecule has 2 rings (SSSR count). The maximum Gasteiger partial charge on any atom is 0.323 e. The molecule has 0 radical (unpaired) electrons. The van der Waals surface area contributed by atoms with E-state index < -0.39 is 0 Å². The molecule has 2 amide bonds. The van der Waals surface area contributed by atoms with Gasteiger partial charge in [-0.15, -0.1) is 0 Å². The van der Waals surface area contributed by atoms with Crippen LogP contribution in [-0.4, -0.2) is 6.03 Å². The summed E-state index contributed by atoms with van der Waals surface area (Å²) in [5.74, 6) is 0.988. The fraction of sp³-hybridized carbons (Fsp3) is 0.400. The van der Waals surface area contributed by atoms with Crippen molar-refractivity contribution in [1.82, 2.24) is 10.6 Å². The van der Waals surface area contributed by atoms with Gasteiger partial charge in [-0.25, -0.2) is 4.79 Å². The second-order valence-electron chi connectivity index (χ2n) is 4.92. The van der Waals surface area contributed by atoms with Crippen LogP contribution in [0.25, 0.3) is 0 Å².